The van der Waals surface area contributed by atoms with Gasteiger partial charge in [0.25, 0.3) is 0 Å². The number of hydrogen-bond acceptors (Lipinski definition) is 2. The van der Waals surface area contributed by atoms with Crippen molar-refractivity contribution in [1.82, 2.24) is 5.32 Å². The third kappa shape index (κ3) is 3.84. The Morgan fingerprint density at radius 3 is 2.33 bits per heavy atom. The van der Waals surface area contributed by atoms with Gasteiger partial charge in [-0.05, 0) is 17.9 Å². The number of nitrogens with one attached hydrogen (secondary N) is 1. The quantitative estimate of drug-likeness (QED) is 0.813. The largest absolute Gasteiger partial charge is 0.348 e. The molecule has 100 valence electrons. The minimum Gasteiger partial charge on any atom is -0.348 e. The molecule has 0 aliphatic rings. The van der Waals surface area contributed by atoms with E-state index in [2.05, 4.69) is 12.2 Å². The third-order valence-electron chi connectivity index (χ3n) is 3.49. The average Bonchev–Trinajstić information content (AvgIpc) is 2.43. The Balaban J connectivity index is 2.67. The molecule has 0 aliphatic carbocycles. The van der Waals surface area contributed by atoms with Crippen molar-refractivity contribution in [3.8, 4) is 0 Å². The molecule has 0 saturated heterocycles. The van der Waals surface area contributed by atoms with E-state index in [-0.39, 0.29) is 17.9 Å². The van der Waals surface area contributed by atoms with Crippen molar-refractivity contribution in [1.29, 1.82) is 0 Å². The van der Waals surface area contributed by atoms with E-state index in [1.54, 1.807) is 0 Å². The minimum atomic E-state index is -0.423. The first-order valence-corrected chi connectivity index (χ1v) is 6.71. The number of amides is 1. The first kappa shape index (κ1) is 14.7. The van der Waals surface area contributed by atoms with E-state index < -0.39 is 6.04 Å². The maximum Gasteiger partial charge on any atom is 0.237 e. The summed E-state index contributed by atoms with van der Waals surface area (Å²) in [6.07, 6.45) is 1.78. The van der Waals surface area contributed by atoms with Gasteiger partial charge in [-0.3, -0.25) is 4.79 Å². The zero-order chi connectivity index (χ0) is 13.5. The monoisotopic (exact) mass is 248 g/mol. The molecular weight excluding hydrogens is 224 g/mol. The lowest BCUT2D eigenvalue weighted by atomic mass is 9.98. The van der Waals surface area contributed by atoms with E-state index >= 15 is 0 Å². The highest BCUT2D eigenvalue weighted by atomic mass is 16.2. The van der Waals surface area contributed by atoms with E-state index in [1.807, 2.05) is 44.2 Å². The summed E-state index contributed by atoms with van der Waals surface area (Å²) in [5.41, 5.74) is 7.07. The van der Waals surface area contributed by atoms with Crippen LogP contribution in [-0.4, -0.2) is 11.9 Å². The van der Waals surface area contributed by atoms with Crippen molar-refractivity contribution in [2.24, 2.45) is 11.7 Å². The molecule has 0 saturated carbocycles. The van der Waals surface area contributed by atoms with Crippen molar-refractivity contribution in [3.63, 3.8) is 0 Å². The molecule has 0 radical (unpaired) electrons. The van der Waals surface area contributed by atoms with Gasteiger partial charge >= 0.3 is 0 Å². The van der Waals surface area contributed by atoms with Crippen LogP contribution < -0.4 is 11.1 Å². The maximum atomic E-state index is 12.0. The summed E-state index contributed by atoms with van der Waals surface area (Å²) in [5.74, 6) is 0.151. The predicted molar refractivity (Wildman–Crippen MR) is 75.0 cm³/mol. The lowest BCUT2D eigenvalue weighted by Gasteiger charge is -2.23. The first-order valence-electron chi connectivity index (χ1n) is 6.71. The molecule has 0 fully saturated rings. The highest BCUT2D eigenvalue weighted by molar-refractivity contribution is 5.82. The smallest absolute Gasteiger partial charge is 0.237 e. The van der Waals surface area contributed by atoms with E-state index in [4.69, 9.17) is 5.73 Å². The second kappa shape index (κ2) is 7.17. The molecular formula is C15H24N2O. The normalized spacial score (nSPS) is 15.8. The van der Waals surface area contributed by atoms with E-state index in [9.17, 15) is 4.79 Å². The van der Waals surface area contributed by atoms with Crippen LogP contribution >= 0.6 is 0 Å². The highest BCUT2D eigenvalue weighted by Gasteiger charge is 2.22. The Morgan fingerprint density at radius 1 is 1.22 bits per heavy atom. The number of rotatable bonds is 6. The molecule has 1 unspecified atom stereocenters. The summed E-state index contributed by atoms with van der Waals surface area (Å²) in [4.78, 5) is 12.0. The number of carbonyl (C=O) groups is 1. The zero-order valence-corrected chi connectivity index (χ0v) is 11.5. The fourth-order valence-corrected chi connectivity index (χ4v) is 1.89. The molecule has 18 heavy (non-hydrogen) atoms. The molecule has 1 rings (SSSR count). The number of nitrogens with two attached hydrogens (primary N) is 1. The standard InChI is InChI=1S/C15H24N2O/c1-4-11(3)14(16)15(18)17-13(5-2)12-9-7-6-8-10-12/h6-11,13-14H,4-5,16H2,1-3H3,(H,17,18)/t11-,13?,14-/m0/s1. The molecule has 1 aromatic carbocycles. The molecule has 3 atom stereocenters. The van der Waals surface area contributed by atoms with Gasteiger partial charge in [-0.2, -0.15) is 0 Å². The van der Waals surface area contributed by atoms with E-state index in [1.165, 1.54) is 0 Å². The number of benzene rings is 1. The summed E-state index contributed by atoms with van der Waals surface area (Å²) in [7, 11) is 0. The van der Waals surface area contributed by atoms with Crippen LogP contribution in [0.5, 0.6) is 0 Å². The molecule has 1 aromatic rings. The van der Waals surface area contributed by atoms with Crippen LogP contribution in [0, 0.1) is 5.92 Å². The van der Waals surface area contributed by atoms with Gasteiger partial charge in [-0.1, -0.05) is 57.5 Å². The maximum absolute atomic E-state index is 12.0. The van der Waals surface area contributed by atoms with Gasteiger partial charge in [0.2, 0.25) is 5.91 Å². The van der Waals surface area contributed by atoms with E-state index in [0.717, 1.165) is 18.4 Å². The van der Waals surface area contributed by atoms with Gasteiger partial charge in [-0.25, -0.2) is 0 Å². The van der Waals surface area contributed by atoms with Crippen molar-refractivity contribution in [3.05, 3.63) is 35.9 Å². The molecule has 0 bridgehead atoms. The van der Waals surface area contributed by atoms with Crippen LogP contribution in [-0.2, 0) is 4.79 Å². The Labute approximate surface area is 110 Å². The number of carbonyl (C=O) groups excluding carboxylic acids is 1. The van der Waals surface area contributed by atoms with Gasteiger partial charge < -0.3 is 11.1 Å². The van der Waals surface area contributed by atoms with Gasteiger partial charge in [-0.15, -0.1) is 0 Å². The Kier molecular flexibility index (Phi) is 5.86. The number of hydrogen-bond donors (Lipinski definition) is 2. The van der Waals surface area contributed by atoms with E-state index in [0.29, 0.717) is 0 Å². The average molecular weight is 248 g/mol. The summed E-state index contributed by atoms with van der Waals surface area (Å²) in [6, 6.07) is 9.63. The molecule has 1 amide bonds. The molecule has 0 aliphatic heterocycles. The Bertz CT molecular complexity index is 364. The topological polar surface area (TPSA) is 55.1 Å². The summed E-state index contributed by atoms with van der Waals surface area (Å²) in [6.45, 7) is 6.12. The predicted octanol–water partition coefficient (Wildman–Crippen LogP) is 2.63. The SMILES string of the molecule is CCC(NC(=O)[C@@H](N)[C@@H](C)CC)c1ccccc1. The van der Waals surface area contributed by atoms with Crippen LogP contribution in [0.25, 0.3) is 0 Å². The third-order valence-corrected chi connectivity index (χ3v) is 3.49. The summed E-state index contributed by atoms with van der Waals surface area (Å²) < 4.78 is 0. The molecule has 3 N–H and O–H groups in total. The van der Waals surface area contributed by atoms with Crippen LogP contribution in [0.2, 0.25) is 0 Å². The second-order valence-corrected chi connectivity index (χ2v) is 4.79. The molecule has 0 spiro atoms. The second-order valence-electron chi connectivity index (χ2n) is 4.79. The first-order chi connectivity index (χ1) is 8.60. The molecule has 0 heterocycles. The lowest BCUT2D eigenvalue weighted by molar-refractivity contribution is -0.124. The van der Waals surface area contributed by atoms with Crippen LogP contribution in [0.3, 0.4) is 0 Å². The van der Waals surface area contributed by atoms with Gasteiger partial charge in [0.1, 0.15) is 0 Å². The van der Waals surface area contributed by atoms with Crippen LogP contribution in [0.15, 0.2) is 30.3 Å². The summed E-state index contributed by atoms with van der Waals surface area (Å²) in [5, 5.41) is 3.03. The van der Waals surface area contributed by atoms with Crippen LogP contribution in [0.4, 0.5) is 0 Å². The van der Waals surface area contributed by atoms with Crippen molar-refractivity contribution >= 4 is 5.91 Å². The zero-order valence-electron chi connectivity index (χ0n) is 11.5. The van der Waals surface area contributed by atoms with Gasteiger partial charge in [0.05, 0.1) is 12.1 Å². The molecule has 0 aromatic heterocycles. The lowest BCUT2D eigenvalue weighted by Crippen LogP contribution is -2.45. The minimum absolute atomic E-state index is 0.0498. The van der Waals surface area contributed by atoms with Crippen molar-refractivity contribution < 1.29 is 4.79 Å². The fourth-order valence-electron chi connectivity index (χ4n) is 1.89. The Morgan fingerprint density at radius 2 is 1.83 bits per heavy atom. The van der Waals surface area contributed by atoms with Gasteiger partial charge in [0, 0.05) is 0 Å². The van der Waals surface area contributed by atoms with Crippen molar-refractivity contribution in [2.75, 3.05) is 0 Å². The molecule has 3 nitrogen and oxygen atoms in total. The Hall–Kier alpha value is -1.35. The van der Waals surface area contributed by atoms with Gasteiger partial charge in [0.15, 0.2) is 0 Å². The highest BCUT2D eigenvalue weighted by Crippen LogP contribution is 2.16. The fraction of sp³-hybridized carbons (Fsp3) is 0.533. The van der Waals surface area contributed by atoms with Crippen molar-refractivity contribution in [2.45, 2.75) is 45.7 Å². The molecule has 3 heteroatoms. The van der Waals surface area contributed by atoms with Crippen LogP contribution in [0.1, 0.15) is 45.2 Å². The summed E-state index contributed by atoms with van der Waals surface area (Å²) >= 11 is 0.